The van der Waals surface area contributed by atoms with Crippen molar-refractivity contribution in [1.29, 1.82) is 0 Å². The van der Waals surface area contributed by atoms with Crippen LogP contribution in [0.3, 0.4) is 0 Å². The third-order valence-electron chi connectivity index (χ3n) is 10.9. The van der Waals surface area contributed by atoms with Gasteiger partial charge in [0.1, 0.15) is 13.2 Å². The first-order valence-corrected chi connectivity index (χ1v) is 26.1. The average molecular weight is 877 g/mol. The Labute approximate surface area is 388 Å². The van der Waals surface area contributed by atoms with Crippen LogP contribution in [0.5, 0.6) is 0 Å². The molecular formula is C57H96O6. The molecule has 0 N–H and O–H groups in total. The minimum absolute atomic E-state index is 0.0952. The molecule has 0 aliphatic carbocycles. The molecule has 1 atom stereocenters. The van der Waals surface area contributed by atoms with Crippen LogP contribution in [-0.4, -0.2) is 37.2 Å². The highest BCUT2D eigenvalue weighted by Gasteiger charge is 2.19. The summed E-state index contributed by atoms with van der Waals surface area (Å²) in [5.74, 6) is -0.946. The molecule has 0 aromatic rings. The van der Waals surface area contributed by atoms with E-state index in [0.29, 0.717) is 19.3 Å². The number of allylic oxidation sites excluding steroid dienone is 14. The van der Waals surface area contributed by atoms with Crippen molar-refractivity contribution in [2.45, 2.75) is 245 Å². The second-order valence-corrected chi connectivity index (χ2v) is 17.0. The van der Waals surface area contributed by atoms with E-state index in [4.69, 9.17) is 14.2 Å². The van der Waals surface area contributed by atoms with E-state index in [2.05, 4.69) is 106 Å². The van der Waals surface area contributed by atoms with Gasteiger partial charge in [0.15, 0.2) is 6.10 Å². The van der Waals surface area contributed by atoms with Gasteiger partial charge >= 0.3 is 17.9 Å². The first kappa shape index (κ1) is 59.6. The number of hydrogen-bond donors (Lipinski definition) is 0. The molecule has 360 valence electrons. The maximum absolute atomic E-state index is 12.8. The Bertz CT molecular complexity index is 1240. The van der Waals surface area contributed by atoms with Crippen LogP contribution < -0.4 is 0 Å². The van der Waals surface area contributed by atoms with Gasteiger partial charge in [-0.25, -0.2) is 0 Å². The normalized spacial score (nSPS) is 12.7. The molecule has 0 spiro atoms. The van der Waals surface area contributed by atoms with Crippen LogP contribution in [-0.2, 0) is 28.6 Å². The van der Waals surface area contributed by atoms with E-state index in [1.165, 1.54) is 89.9 Å². The van der Waals surface area contributed by atoms with Crippen molar-refractivity contribution in [2.24, 2.45) is 0 Å². The minimum atomic E-state index is -0.800. The molecule has 0 fully saturated rings. The Hall–Kier alpha value is -3.41. The third kappa shape index (κ3) is 49.5. The molecule has 0 rings (SSSR count). The van der Waals surface area contributed by atoms with Crippen molar-refractivity contribution in [1.82, 2.24) is 0 Å². The summed E-state index contributed by atoms with van der Waals surface area (Å²) in [6, 6.07) is 0. The molecule has 0 amide bonds. The first-order valence-electron chi connectivity index (χ1n) is 26.1. The number of esters is 3. The van der Waals surface area contributed by atoms with E-state index in [1.807, 2.05) is 0 Å². The summed E-state index contributed by atoms with van der Waals surface area (Å²) < 4.78 is 16.8. The third-order valence-corrected chi connectivity index (χ3v) is 10.9. The van der Waals surface area contributed by atoms with Crippen molar-refractivity contribution in [3.63, 3.8) is 0 Å². The van der Waals surface area contributed by atoms with Gasteiger partial charge < -0.3 is 14.2 Å². The van der Waals surface area contributed by atoms with Crippen LogP contribution in [0, 0.1) is 0 Å². The lowest BCUT2D eigenvalue weighted by Gasteiger charge is -2.18. The molecular weight excluding hydrogens is 781 g/mol. The number of carbonyl (C=O) groups excluding carboxylic acids is 3. The molecule has 0 saturated heterocycles. The lowest BCUT2D eigenvalue weighted by molar-refractivity contribution is -0.167. The number of rotatable bonds is 46. The smallest absolute Gasteiger partial charge is 0.306 e. The van der Waals surface area contributed by atoms with Gasteiger partial charge in [0.05, 0.1) is 0 Å². The Morgan fingerprint density at radius 1 is 0.333 bits per heavy atom. The molecule has 63 heavy (non-hydrogen) atoms. The van der Waals surface area contributed by atoms with Crippen LogP contribution in [0.4, 0.5) is 0 Å². The molecule has 0 saturated carbocycles. The number of ether oxygens (including phenoxy) is 3. The number of hydrogen-bond acceptors (Lipinski definition) is 6. The average Bonchev–Trinajstić information content (AvgIpc) is 3.28. The number of unbranched alkanes of at least 4 members (excludes halogenated alkanes) is 21. The van der Waals surface area contributed by atoms with Crippen LogP contribution in [0.15, 0.2) is 85.1 Å². The highest BCUT2D eigenvalue weighted by Crippen LogP contribution is 2.15. The standard InChI is InChI=1S/C57H96O6/c1-4-7-10-13-16-19-22-25-27-28-30-32-35-38-41-44-47-50-56(59)62-53-54(52-61-55(58)49-46-43-40-37-34-31-24-21-18-15-12-9-6-3)63-57(60)51-48-45-42-39-36-33-29-26-23-20-17-14-11-8-5-2/h7-8,10-11,16-17,19-20,25-27,29,36,39,54H,4-6,9,12-15,18,21-24,28,30-35,37-38,40-53H2,1-3H3/b10-7-,11-8-,19-16-,20-17-,27-25-,29-26-,39-36-. The summed E-state index contributed by atoms with van der Waals surface area (Å²) in [6.07, 6.45) is 65.7. The molecule has 0 radical (unpaired) electrons. The molecule has 0 heterocycles. The minimum Gasteiger partial charge on any atom is -0.462 e. The fraction of sp³-hybridized carbons (Fsp3) is 0.702. The molecule has 0 aliphatic rings. The summed E-state index contributed by atoms with van der Waals surface area (Å²) in [5.41, 5.74) is 0. The summed E-state index contributed by atoms with van der Waals surface area (Å²) in [4.78, 5) is 38.0. The summed E-state index contributed by atoms with van der Waals surface area (Å²) in [6.45, 7) is 6.37. The van der Waals surface area contributed by atoms with Crippen molar-refractivity contribution in [3.05, 3.63) is 85.1 Å². The predicted molar refractivity (Wildman–Crippen MR) is 270 cm³/mol. The predicted octanol–water partition coefficient (Wildman–Crippen LogP) is 17.2. The summed E-state index contributed by atoms with van der Waals surface area (Å²) in [5, 5.41) is 0. The molecule has 0 aliphatic heterocycles. The zero-order valence-corrected chi connectivity index (χ0v) is 41.1. The zero-order chi connectivity index (χ0) is 45.8. The molecule has 6 nitrogen and oxygen atoms in total. The van der Waals surface area contributed by atoms with Gasteiger partial charge in [0.25, 0.3) is 0 Å². The lowest BCUT2D eigenvalue weighted by atomic mass is 10.0. The van der Waals surface area contributed by atoms with E-state index >= 15 is 0 Å². The highest BCUT2D eigenvalue weighted by molar-refractivity contribution is 5.71. The van der Waals surface area contributed by atoms with Crippen LogP contribution in [0.1, 0.15) is 239 Å². The Morgan fingerprint density at radius 3 is 1.00 bits per heavy atom. The maximum atomic E-state index is 12.8. The van der Waals surface area contributed by atoms with E-state index in [-0.39, 0.29) is 37.5 Å². The Morgan fingerprint density at radius 2 is 0.619 bits per heavy atom. The van der Waals surface area contributed by atoms with Crippen molar-refractivity contribution in [3.8, 4) is 0 Å². The van der Waals surface area contributed by atoms with Gasteiger partial charge in [-0.15, -0.1) is 0 Å². The quantitative estimate of drug-likeness (QED) is 0.0262. The monoisotopic (exact) mass is 877 g/mol. The lowest BCUT2D eigenvalue weighted by Crippen LogP contribution is -2.30. The largest absolute Gasteiger partial charge is 0.462 e. The van der Waals surface area contributed by atoms with Gasteiger partial charge in [-0.2, -0.15) is 0 Å². The Kier molecular flexibility index (Phi) is 48.5. The summed E-state index contributed by atoms with van der Waals surface area (Å²) in [7, 11) is 0. The number of carbonyl (C=O) groups is 3. The van der Waals surface area contributed by atoms with Gasteiger partial charge in [-0.3, -0.25) is 14.4 Å². The van der Waals surface area contributed by atoms with E-state index < -0.39 is 6.10 Å². The maximum Gasteiger partial charge on any atom is 0.306 e. The molecule has 0 bridgehead atoms. The van der Waals surface area contributed by atoms with Crippen LogP contribution >= 0.6 is 0 Å². The van der Waals surface area contributed by atoms with Gasteiger partial charge in [0.2, 0.25) is 0 Å². The second kappa shape index (κ2) is 51.2. The van der Waals surface area contributed by atoms with Gasteiger partial charge in [-0.05, 0) is 89.9 Å². The van der Waals surface area contributed by atoms with Gasteiger partial charge in [-0.1, -0.05) is 215 Å². The zero-order valence-electron chi connectivity index (χ0n) is 41.1. The highest BCUT2D eigenvalue weighted by atomic mass is 16.6. The molecule has 0 aromatic heterocycles. The van der Waals surface area contributed by atoms with Crippen molar-refractivity contribution >= 4 is 17.9 Å². The fourth-order valence-electron chi connectivity index (χ4n) is 7.04. The Balaban J connectivity index is 4.45. The topological polar surface area (TPSA) is 78.9 Å². The molecule has 0 aromatic carbocycles. The second-order valence-electron chi connectivity index (χ2n) is 17.0. The van der Waals surface area contributed by atoms with E-state index in [9.17, 15) is 14.4 Å². The summed E-state index contributed by atoms with van der Waals surface area (Å²) >= 11 is 0. The van der Waals surface area contributed by atoms with E-state index in [1.54, 1.807) is 0 Å². The first-order chi connectivity index (χ1) is 31.0. The molecule has 1 unspecified atom stereocenters. The molecule has 6 heteroatoms. The SMILES string of the molecule is CC/C=C\C/C=C\C/C=C\C/C=C\CCCCC(=O)OC(COC(=O)CCCCCCCCC/C=C\C/C=C\C/C=C\CC)COC(=O)CCCCCCCCCCCCCCC. The van der Waals surface area contributed by atoms with Crippen molar-refractivity contribution < 1.29 is 28.6 Å². The van der Waals surface area contributed by atoms with Crippen molar-refractivity contribution in [2.75, 3.05) is 13.2 Å². The van der Waals surface area contributed by atoms with Gasteiger partial charge in [0, 0.05) is 19.3 Å². The van der Waals surface area contributed by atoms with Crippen LogP contribution in [0.25, 0.3) is 0 Å². The van der Waals surface area contributed by atoms with Crippen LogP contribution in [0.2, 0.25) is 0 Å². The van der Waals surface area contributed by atoms with E-state index in [0.717, 1.165) is 103 Å². The fourth-order valence-corrected chi connectivity index (χ4v) is 7.04.